The maximum Gasteiger partial charge on any atom is 0.340 e. The smallest absolute Gasteiger partial charge is 0.340 e. The van der Waals surface area contributed by atoms with Gasteiger partial charge < -0.3 is 20.1 Å². The number of fused-ring (bicyclic) bond motifs is 1. The number of phenols is 2. The molecule has 0 radical (unpaired) electrons. The van der Waals surface area contributed by atoms with Crippen LogP contribution in [0.2, 0.25) is 0 Å². The Morgan fingerprint density at radius 1 is 0.756 bits per heavy atom. The van der Waals surface area contributed by atoms with E-state index in [4.69, 9.17) is 4.74 Å². The lowest BCUT2D eigenvalue weighted by molar-refractivity contribution is 0.0234. The van der Waals surface area contributed by atoms with Crippen LogP contribution in [-0.2, 0) is 36.0 Å². The first-order chi connectivity index (χ1) is 19.6. The van der Waals surface area contributed by atoms with Crippen LogP contribution in [0.3, 0.4) is 0 Å². The molecule has 0 fully saturated rings. The van der Waals surface area contributed by atoms with Crippen molar-refractivity contribution in [1.82, 2.24) is 0 Å². The summed E-state index contributed by atoms with van der Waals surface area (Å²) in [6, 6.07) is 8.28. The van der Waals surface area contributed by atoms with E-state index in [-0.39, 0.29) is 22.6 Å². The van der Waals surface area contributed by atoms with E-state index in [9.17, 15) is 24.9 Å². The van der Waals surface area contributed by atoms with E-state index in [2.05, 4.69) is 45.7 Å². The Hall–Kier alpha value is -2.84. The van der Waals surface area contributed by atoms with Gasteiger partial charge in [0.2, 0.25) is 0 Å². The predicted octanol–water partition coefficient (Wildman–Crippen LogP) is 8.59. The summed E-state index contributed by atoms with van der Waals surface area (Å²) in [6.45, 7) is 8.20. The van der Waals surface area contributed by atoms with Crippen molar-refractivity contribution in [3.05, 3.63) is 89.3 Å². The molecule has 0 saturated carbocycles. The number of carboxylic acids is 1. The number of ether oxygens (including phenoxy) is 1. The second kappa shape index (κ2) is 12.6. The van der Waals surface area contributed by atoms with Crippen LogP contribution in [0.1, 0.15) is 113 Å². The Morgan fingerprint density at radius 2 is 1.20 bits per heavy atom. The van der Waals surface area contributed by atoms with Gasteiger partial charge in [-0.1, -0.05) is 71.6 Å². The van der Waals surface area contributed by atoms with Crippen LogP contribution in [0.15, 0.2) is 39.3 Å². The van der Waals surface area contributed by atoms with Gasteiger partial charge in [-0.2, -0.15) is 0 Å². The number of benzene rings is 3. The maximum absolute atomic E-state index is 13.7. The van der Waals surface area contributed by atoms with Gasteiger partial charge in [0, 0.05) is 14.5 Å². The number of carbonyl (C=O) groups excluding carboxylic acids is 1. The first-order valence-corrected chi connectivity index (χ1v) is 15.8. The van der Waals surface area contributed by atoms with E-state index in [1.807, 2.05) is 26.0 Å². The number of aromatic carboxylic acids is 1. The van der Waals surface area contributed by atoms with Crippen LogP contribution < -0.4 is 0 Å². The molecular formula is C33H36Br2O6. The van der Waals surface area contributed by atoms with Gasteiger partial charge >= 0.3 is 11.9 Å². The molecule has 41 heavy (non-hydrogen) atoms. The molecule has 0 aromatic heterocycles. The number of hydrogen-bond acceptors (Lipinski definition) is 5. The molecule has 0 saturated heterocycles. The van der Waals surface area contributed by atoms with Gasteiger partial charge in [-0.3, -0.25) is 0 Å². The van der Waals surface area contributed by atoms with Crippen LogP contribution >= 0.6 is 31.9 Å². The molecule has 1 aliphatic heterocycles. The fourth-order valence-electron chi connectivity index (χ4n) is 5.90. The van der Waals surface area contributed by atoms with Gasteiger partial charge in [0.1, 0.15) is 11.5 Å². The highest BCUT2D eigenvalue weighted by molar-refractivity contribution is 9.11. The van der Waals surface area contributed by atoms with Crippen molar-refractivity contribution in [3.8, 4) is 11.5 Å². The zero-order valence-corrected chi connectivity index (χ0v) is 27.0. The third-order valence-corrected chi connectivity index (χ3v) is 9.49. The van der Waals surface area contributed by atoms with Crippen molar-refractivity contribution in [2.45, 2.75) is 84.7 Å². The van der Waals surface area contributed by atoms with E-state index >= 15 is 0 Å². The molecule has 0 spiro atoms. The van der Waals surface area contributed by atoms with Gasteiger partial charge in [-0.05, 0) is 91.9 Å². The molecule has 3 aromatic carbocycles. The quantitative estimate of drug-likeness (QED) is 0.175. The fourth-order valence-corrected chi connectivity index (χ4v) is 7.46. The number of halogens is 2. The van der Waals surface area contributed by atoms with Crippen molar-refractivity contribution in [3.63, 3.8) is 0 Å². The summed E-state index contributed by atoms with van der Waals surface area (Å²) in [4.78, 5) is 25.5. The lowest BCUT2D eigenvalue weighted by Gasteiger charge is -2.35. The van der Waals surface area contributed by atoms with Crippen LogP contribution in [-0.4, -0.2) is 27.3 Å². The fraction of sp³-hybridized carbons (Fsp3) is 0.394. The lowest BCUT2D eigenvalue weighted by Crippen LogP contribution is -2.32. The van der Waals surface area contributed by atoms with Gasteiger partial charge in [-0.15, -0.1) is 0 Å². The molecule has 3 aromatic rings. The number of phenolic OH excluding ortho intramolecular Hbond substituents is 2. The summed E-state index contributed by atoms with van der Waals surface area (Å²) in [5.74, 6) is -1.94. The molecule has 1 heterocycles. The number of aromatic hydroxyl groups is 2. The zero-order valence-electron chi connectivity index (χ0n) is 23.9. The van der Waals surface area contributed by atoms with E-state index in [1.165, 1.54) is 12.1 Å². The Morgan fingerprint density at radius 3 is 1.61 bits per heavy atom. The summed E-state index contributed by atoms with van der Waals surface area (Å²) in [6.07, 6.45) is 5.89. The van der Waals surface area contributed by atoms with Gasteiger partial charge in [-0.25, -0.2) is 9.59 Å². The van der Waals surface area contributed by atoms with Crippen molar-refractivity contribution < 1.29 is 29.6 Å². The standard InChI is InChI=1S/C33H36Br2O6/c1-5-9-18-15-20(11-7-3)29(36)25(27(18)34)33(24-14-13-22(31(38)39)17-23(24)32(40)41-33)26-28(35)19(10-6-2)16-21(12-8-4)30(26)37/h13-17,36-37H,5-12H2,1-4H3,(H,38,39). The number of hydrogen-bond donors (Lipinski definition) is 3. The van der Waals surface area contributed by atoms with Gasteiger partial charge in [0.05, 0.1) is 22.3 Å². The number of cyclic esters (lactones) is 1. The molecule has 0 amide bonds. The average molecular weight is 688 g/mol. The van der Waals surface area contributed by atoms with Crippen molar-refractivity contribution in [2.75, 3.05) is 0 Å². The van der Waals surface area contributed by atoms with Gasteiger partial charge in [0.25, 0.3) is 0 Å². The maximum atomic E-state index is 13.7. The third kappa shape index (κ3) is 5.29. The van der Waals surface area contributed by atoms with Crippen molar-refractivity contribution in [1.29, 1.82) is 0 Å². The Kier molecular flexibility index (Phi) is 9.54. The number of esters is 1. The molecule has 1 aliphatic rings. The second-order valence-corrected chi connectivity index (χ2v) is 12.2. The molecule has 0 aliphatic carbocycles. The van der Waals surface area contributed by atoms with Crippen LogP contribution in [0, 0.1) is 0 Å². The summed E-state index contributed by atoms with van der Waals surface area (Å²) in [5, 5.41) is 33.6. The largest absolute Gasteiger partial charge is 0.507 e. The molecule has 8 heteroatoms. The van der Waals surface area contributed by atoms with Gasteiger partial charge in [0.15, 0.2) is 5.60 Å². The Bertz CT molecular complexity index is 1380. The minimum atomic E-state index is -1.76. The summed E-state index contributed by atoms with van der Waals surface area (Å²) in [5.41, 5.74) is 2.62. The monoisotopic (exact) mass is 686 g/mol. The lowest BCUT2D eigenvalue weighted by atomic mass is 9.75. The topological polar surface area (TPSA) is 104 Å². The van der Waals surface area contributed by atoms with Crippen molar-refractivity contribution in [2.24, 2.45) is 0 Å². The first-order valence-electron chi connectivity index (χ1n) is 14.3. The Labute approximate surface area is 258 Å². The normalized spacial score (nSPS) is 13.8. The van der Waals surface area contributed by atoms with Crippen molar-refractivity contribution >= 4 is 43.8 Å². The molecule has 6 nitrogen and oxygen atoms in total. The summed E-state index contributed by atoms with van der Waals surface area (Å²) >= 11 is 7.55. The highest BCUT2D eigenvalue weighted by atomic mass is 79.9. The van der Waals surface area contributed by atoms with E-state index in [0.717, 1.165) is 36.8 Å². The van der Waals surface area contributed by atoms with Crippen LogP contribution in [0.5, 0.6) is 11.5 Å². The molecule has 3 N–H and O–H groups in total. The molecule has 4 rings (SSSR count). The highest BCUT2D eigenvalue weighted by Crippen LogP contribution is 2.58. The first kappa shape index (κ1) is 31.1. The molecule has 218 valence electrons. The summed E-state index contributed by atoms with van der Waals surface area (Å²) < 4.78 is 7.54. The SMILES string of the molecule is CCCc1cc(CCC)c(Br)c(C2(c3c(O)c(CCC)cc(CCC)c3Br)OC(=O)c3cc(C(=O)O)ccc32)c1O. The minimum Gasteiger partial charge on any atom is -0.507 e. The summed E-state index contributed by atoms with van der Waals surface area (Å²) in [7, 11) is 0. The van der Waals surface area contributed by atoms with Crippen LogP contribution in [0.25, 0.3) is 0 Å². The molecule has 0 unspecified atom stereocenters. The number of aryl methyl sites for hydroxylation is 4. The highest BCUT2D eigenvalue weighted by Gasteiger charge is 2.54. The third-order valence-electron chi connectivity index (χ3n) is 7.67. The van der Waals surface area contributed by atoms with Crippen LogP contribution in [0.4, 0.5) is 0 Å². The molecule has 0 atom stereocenters. The second-order valence-electron chi connectivity index (χ2n) is 10.6. The Balaban J connectivity index is 2.26. The van der Waals surface area contributed by atoms with E-state index < -0.39 is 17.5 Å². The number of carbonyl (C=O) groups is 2. The zero-order chi connectivity index (χ0) is 30.1. The molecule has 0 bridgehead atoms. The number of carboxylic acid groups (broad SMARTS) is 1. The van der Waals surface area contributed by atoms with E-state index in [0.29, 0.717) is 62.4 Å². The predicted molar refractivity (Wildman–Crippen MR) is 166 cm³/mol. The molecular weight excluding hydrogens is 652 g/mol. The minimum absolute atomic E-state index is 0.0224. The average Bonchev–Trinajstić information content (AvgIpc) is 3.22. The number of rotatable bonds is 11. The van der Waals surface area contributed by atoms with E-state index in [1.54, 1.807) is 6.07 Å².